The van der Waals surface area contributed by atoms with Gasteiger partial charge in [-0.05, 0) is 6.07 Å². The number of methoxy groups -OCH3 is 1. The molecular formula is C9H8F4O2. The van der Waals surface area contributed by atoms with Crippen LogP contribution in [0.4, 0.5) is 17.6 Å². The summed E-state index contributed by atoms with van der Waals surface area (Å²) < 4.78 is 55.9. The van der Waals surface area contributed by atoms with Crippen molar-refractivity contribution in [3.8, 4) is 5.75 Å². The van der Waals surface area contributed by atoms with Crippen LogP contribution in [0.3, 0.4) is 0 Å². The number of rotatable bonds is 3. The van der Waals surface area contributed by atoms with Crippen molar-refractivity contribution in [2.45, 2.75) is 5.92 Å². The fraction of sp³-hybridized carbons (Fsp3) is 0.333. The Balaban J connectivity index is 3.34. The molecule has 1 N–H and O–H groups in total. The highest BCUT2D eigenvalue weighted by Gasteiger charge is 2.35. The normalized spacial score (nSPS) is 11.6. The molecule has 84 valence electrons. The van der Waals surface area contributed by atoms with Crippen molar-refractivity contribution in [1.82, 2.24) is 0 Å². The summed E-state index contributed by atoms with van der Waals surface area (Å²) in [6, 6.07) is 0.818. The first-order valence-electron chi connectivity index (χ1n) is 3.94. The van der Waals surface area contributed by atoms with Gasteiger partial charge >= 0.3 is 0 Å². The Morgan fingerprint density at radius 2 is 1.80 bits per heavy atom. The topological polar surface area (TPSA) is 29.5 Å². The fourth-order valence-corrected chi connectivity index (χ4v) is 1.07. The van der Waals surface area contributed by atoms with E-state index >= 15 is 0 Å². The smallest absolute Gasteiger partial charge is 0.299 e. The predicted molar refractivity (Wildman–Crippen MR) is 43.9 cm³/mol. The van der Waals surface area contributed by atoms with Crippen molar-refractivity contribution >= 4 is 0 Å². The number of halogens is 4. The van der Waals surface area contributed by atoms with Crippen LogP contribution in [-0.2, 0) is 5.92 Å². The van der Waals surface area contributed by atoms with Crippen LogP contribution in [0.5, 0.6) is 5.75 Å². The Hall–Kier alpha value is -1.30. The highest BCUT2D eigenvalue weighted by atomic mass is 19.3. The van der Waals surface area contributed by atoms with Gasteiger partial charge in [-0.1, -0.05) is 0 Å². The second-order valence-electron chi connectivity index (χ2n) is 2.83. The summed E-state index contributed by atoms with van der Waals surface area (Å²) in [6.45, 7) is -1.51. The second-order valence-corrected chi connectivity index (χ2v) is 2.83. The standard InChI is InChI=1S/C9H8F4O2/c1-15-8-3-7(11)6(10)2-5(8)9(12,13)4-14/h2-3,14H,4H2,1H3. The molecule has 0 fully saturated rings. The molecule has 6 heteroatoms. The number of hydrogen-bond donors (Lipinski definition) is 1. The van der Waals surface area contributed by atoms with Crippen LogP contribution in [0.25, 0.3) is 0 Å². The molecule has 0 aromatic heterocycles. The predicted octanol–water partition coefficient (Wildman–Crippen LogP) is 2.06. The van der Waals surface area contributed by atoms with Crippen LogP contribution in [0.15, 0.2) is 12.1 Å². The average Bonchev–Trinajstić information content (AvgIpc) is 2.21. The molecule has 0 bridgehead atoms. The van der Waals surface area contributed by atoms with Crippen molar-refractivity contribution in [1.29, 1.82) is 0 Å². The summed E-state index contributed by atoms with van der Waals surface area (Å²) in [5.41, 5.74) is -0.883. The third-order valence-corrected chi connectivity index (χ3v) is 1.84. The van der Waals surface area contributed by atoms with Gasteiger partial charge < -0.3 is 9.84 Å². The van der Waals surface area contributed by atoms with Crippen molar-refractivity contribution in [2.75, 3.05) is 13.7 Å². The lowest BCUT2D eigenvalue weighted by Crippen LogP contribution is -2.20. The number of benzene rings is 1. The molecule has 1 aromatic rings. The molecule has 0 aliphatic carbocycles. The quantitative estimate of drug-likeness (QED) is 0.796. The van der Waals surface area contributed by atoms with Gasteiger partial charge in [0, 0.05) is 6.07 Å². The van der Waals surface area contributed by atoms with E-state index < -0.39 is 35.5 Å². The Bertz CT molecular complexity index is 365. The van der Waals surface area contributed by atoms with Crippen molar-refractivity contribution in [3.05, 3.63) is 29.3 Å². The summed E-state index contributed by atoms with van der Waals surface area (Å²) in [7, 11) is 1.05. The van der Waals surface area contributed by atoms with Crippen molar-refractivity contribution in [3.63, 3.8) is 0 Å². The molecule has 0 aliphatic rings. The summed E-state index contributed by atoms with van der Waals surface area (Å²) in [6.07, 6.45) is 0. The lowest BCUT2D eigenvalue weighted by Gasteiger charge is -2.17. The molecule has 0 amide bonds. The summed E-state index contributed by atoms with van der Waals surface area (Å²) >= 11 is 0. The monoisotopic (exact) mass is 224 g/mol. The maximum atomic E-state index is 13.0. The molecule has 2 nitrogen and oxygen atoms in total. The van der Waals surface area contributed by atoms with E-state index in [-0.39, 0.29) is 0 Å². The maximum Gasteiger partial charge on any atom is 0.299 e. The fourth-order valence-electron chi connectivity index (χ4n) is 1.07. The van der Waals surface area contributed by atoms with Gasteiger partial charge in [0.15, 0.2) is 11.6 Å². The first-order valence-corrected chi connectivity index (χ1v) is 3.94. The van der Waals surface area contributed by atoms with E-state index in [0.29, 0.717) is 12.1 Å². The summed E-state index contributed by atoms with van der Waals surface area (Å²) in [5.74, 6) is -6.88. The number of ether oxygens (including phenoxy) is 1. The van der Waals surface area contributed by atoms with E-state index in [1.807, 2.05) is 0 Å². The largest absolute Gasteiger partial charge is 0.496 e. The van der Waals surface area contributed by atoms with E-state index in [0.717, 1.165) is 7.11 Å². The van der Waals surface area contributed by atoms with E-state index in [2.05, 4.69) is 4.74 Å². The van der Waals surface area contributed by atoms with E-state index in [1.165, 1.54) is 0 Å². The van der Waals surface area contributed by atoms with Gasteiger partial charge in [-0.2, -0.15) is 8.78 Å². The minimum absolute atomic E-state index is 0.310. The van der Waals surface area contributed by atoms with Crippen LogP contribution in [-0.4, -0.2) is 18.8 Å². The number of hydrogen-bond acceptors (Lipinski definition) is 2. The van der Waals surface area contributed by atoms with E-state index in [9.17, 15) is 17.6 Å². The van der Waals surface area contributed by atoms with Crippen LogP contribution in [0.1, 0.15) is 5.56 Å². The molecule has 0 radical (unpaired) electrons. The molecular weight excluding hydrogens is 216 g/mol. The van der Waals surface area contributed by atoms with Gasteiger partial charge in [0.05, 0.1) is 12.7 Å². The zero-order valence-corrected chi connectivity index (χ0v) is 7.73. The Morgan fingerprint density at radius 3 is 2.27 bits per heavy atom. The SMILES string of the molecule is COc1cc(F)c(F)cc1C(F)(F)CO. The molecule has 0 saturated heterocycles. The first-order chi connectivity index (χ1) is 6.92. The van der Waals surface area contributed by atoms with Crippen molar-refractivity contribution in [2.24, 2.45) is 0 Å². The van der Waals surface area contributed by atoms with Gasteiger partial charge in [-0.25, -0.2) is 8.78 Å². The molecule has 0 unspecified atom stereocenters. The van der Waals surface area contributed by atoms with Gasteiger partial charge in [-0.3, -0.25) is 0 Å². The van der Waals surface area contributed by atoms with Gasteiger partial charge in [-0.15, -0.1) is 0 Å². The maximum absolute atomic E-state index is 13.0. The second kappa shape index (κ2) is 4.06. The number of aliphatic hydroxyl groups is 1. The molecule has 1 rings (SSSR count). The molecule has 0 saturated carbocycles. The highest BCUT2D eigenvalue weighted by molar-refractivity contribution is 5.38. The Labute approximate surface area is 83.1 Å². The minimum atomic E-state index is -3.67. The minimum Gasteiger partial charge on any atom is -0.496 e. The molecule has 0 heterocycles. The van der Waals surface area contributed by atoms with Gasteiger partial charge in [0.2, 0.25) is 0 Å². The number of aliphatic hydroxyl groups excluding tert-OH is 1. The average molecular weight is 224 g/mol. The van der Waals surface area contributed by atoms with E-state index in [1.54, 1.807) is 0 Å². The van der Waals surface area contributed by atoms with Crippen LogP contribution in [0, 0.1) is 11.6 Å². The van der Waals surface area contributed by atoms with E-state index in [4.69, 9.17) is 5.11 Å². The van der Waals surface area contributed by atoms with Crippen molar-refractivity contribution < 1.29 is 27.4 Å². The molecule has 0 aliphatic heterocycles. The zero-order chi connectivity index (χ0) is 11.6. The van der Waals surface area contributed by atoms with Gasteiger partial charge in [0.1, 0.15) is 12.4 Å². The third-order valence-electron chi connectivity index (χ3n) is 1.84. The number of alkyl halides is 2. The summed E-state index contributed by atoms with van der Waals surface area (Å²) in [5, 5.41) is 8.41. The molecule has 1 aromatic carbocycles. The Kier molecular flexibility index (Phi) is 3.18. The zero-order valence-electron chi connectivity index (χ0n) is 7.73. The first kappa shape index (κ1) is 11.8. The summed E-state index contributed by atoms with van der Waals surface area (Å²) in [4.78, 5) is 0. The highest BCUT2D eigenvalue weighted by Crippen LogP contribution is 2.35. The van der Waals surface area contributed by atoms with Gasteiger partial charge in [0.25, 0.3) is 5.92 Å². The van der Waals surface area contributed by atoms with Crippen LogP contribution < -0.4 is 4.74 Å². The lowest BCUT2D eigenvalue weighted by molar-refractivity contribution is -0.0574. The van der Waals surface area contributed by atoms with Crippen LogP contribution in [0.2, 0.25) is 0 Å². The van der Waals surface area contributed by atoms with Crippen LogP contribution >= 0.6 is 0 Å². The molecule has 0 spiro atoms. The third kappa shape index (κ3) is 2.20. The molecule has 15 heavy (non-hydrogen) atoms. The Morgan fingerprint density at radius 1 is 1.27 bits per heavy atom. The lowest BCUT2D eigenvalue weighted by atomic mass is 10.1. The molecule has 0 atom stereocenters.